The molecule has 0 saturated carbocycles. The van der Waals surface area contributed by atoms with Crippen LogP contribution in [0.15, 0.2) is 60.7 Å². The molecule has 1 heterocycles. The van der Waals surface area contributed by atoms with Crippen LogP contribution >= 0.6 is 0 Å². The van der Waals surface area contributed by atoms with Crippen molar-refractivity contribution in [3.05, 3.63) is 72.1 Å². The van der Waals surface area contributed by atoms with E-state index in [0.717, 1.165) is 55.1 Å². The predicted molar refractivity (Wildman–Crippen MR) is 111 cm³/mol. The highest BCUT2D eigenvalue weighted by atomic mass is 16.5. The molecule has 0 bridgehead atoms. The Kier molecular flexibility index (Phi) is 5.35. The standard InChI is InChI=1S/C23H25N3O/c1-2-15-27-22-12-11-17-7-3-4-8-18(17)19(22)16-24-14-13-23-25-20-9-5-6-10-21(20)26-23/h3-12,24H,2,13-16H2,1H3,(H,25,26). The van der Waals surface area contributed by atoms with Crippen molar-refractivity contribution >= 4 is 21.8 Å². The lowest BCUT2D eigenvalue weighted by Crippen LogP contribution is -2.18. The van der Waals surface area contributed by atoms with Crippen molar-refractivity contribution in [3.63, 3.8) is 0 Å². The summed E-state index contributed by atoms with van der Waals surface area (Å²) in [5.41, 5.74) is 3.35. The first kappa shape index (κ1) is 17.6. The van der Waals surface area contributed by atoms with E-state index < -0.39 is 0 Å². The molecule has 3 aromatic carbocycles. The van der Waals surface area contributed by atoms with Crippen LogP contribution in [0.4, 0.5) is 0 Å². The summed E-state index contributed by atoms with van der Waals surface area (Å²) in [5.74, 6) is 2.00. The molecule has 0 radical (unpaired) electrons. The van der Waals surface area contributed by atoms with Crippen LogP contribution in [0.2, 0.25) is 0 Å². The Bertz CT molecular complexity index is 1010. The van der Waals surface area contributed by atoms with Gasteiger partial charge in [-0.15, -0.1) is 0 Å². The van der Waals surface area contributed by atoms with E-state index in [9.17, 15) is 0 Å². The van der Waals surface area contributed by atoms with Gasteiger partial charge in [-0.2, -0.15) is 0 Å². The first-order valence-electron chi connectivity index (χ1n) is 9.63. The summed E-state index contributed by atoms with van der Waals surface area (Å²) in [4.78, 5) is 8.03. The van der Waals surface area contributed by atoms with Crippen LogP contribution in [0.25, 0.3) is 21.8 Å². The number of hydrogen-bond donors (Lipinski definition) is 2. The van der Waals surface area contributed by atoms with E-state index in [4.69, 9.17) is 4.74 Å². The van der Waals surface area contributed by atoms with Gasteiger partial charge < -0.3 is 15.0 Å². The SMILES string of the molecule is CCCOc1ccc2ccccc2c1CNCCc1nc2ccccc2[nH]1. The number of imidazole rings is 1. The van der Waals surface area contributed by atoms with E-state index >= 15 is 0 Å². The number of H-pyrrole nitrogens is 1. The molecule has 4 heteroatoms. The topological polar surface area (TPSA) is 49.9 Å². The van der Waals surface area contributed by atoms with Gasteiger partial charge in [0, 0.05) is 25.1 Å². The lowest BCUT2D eigenvalue weighted by molar-refractivity contribution is 0.314. The third-order valence-corrected chi connectivity index (χ3v) is 4.74. The third kappa shape index (κ3) is 3.96. The number of ether oxygens (including phenoxy) is 1. The minimum Gasteiger partial charge on any atom is -0.493 e. The quantitative estimate of drug-likeness (QED) is 0.443. The molecule has 0 fully saturated rings. The molecule has 0 aliphatic carbocycles. The number of benzene rings is 3. The highest BCUT2D eigenvalue weighted by Crippen LogP contribution is 2.28. The van der Waals surface area contributed by atoms with Gasteiger partial charge in [0.15, 0.2) is 0 Å². The largest absolute Gasteiger partial charge is 0.493 e. The van der Waals surface area contributed by atoms with Gasteiger partial charge in [0.05, 0.1) is 17.6 Å². The summed E-state index contributed by atoms with van der Waals surface area (Å²) in [6, 6.07) is 20.9. The van der Waals surface area contributed by atoms with Gasteiger partial charge in [-0.05, 0) is 35.4 Å². The van der Waals surface area contributed by atoms with E-state index in [1.54, 1.807) is 0 Å². The van der Waals surface area contributed by atoms with Gasteiger partial charge >= 0.3 is 0 Å². The molecule has 4 aromatic rings. The molecule has 2 N–H and O–H groups in total. The minimum atomic E-state index is 0.740. The highest BCUT2D eigenvalue weighted by Gasteiger charge is 2.09. The second-order valence-corrected chi connectivity index (χ2v) is 6.74. The maximum atomic E-state index is 5.99. The highest BCUT2D eigenvalue weighted by molar-refractivity contribution is 5.87. The molecule has 0 unspecified atom stereocenters. The molecule has 0 saturated heterocycles. The van der Waals surface area contributed by atoms with Crippen molar-refractivity contribution in [2.75, 3.05) is 13.2 Å². The van der Waals surface area contributed by atoms with Crippen LogP contribution in [0.5, 0.6) is 5.75 Å². The Hall–Kier alpha value is -2.85. The number of aromatic nitrogens is 2. The molecule has 138 valence electrons. The van der Waals surface area contributed by atoms with Gasteiger partial charge in [0.25, 0.3) is 0 Å². The zero-order valence-electron chi connectivity index (χ0n) is 15.7. The number of rotatable bonds is 8. The van der Waals surface area contributed by atoms with Crippen molar-refractivity contribution in [1.82, 2.24) is 15.3 Å². The molecule has 1 aromatic heterocycles. The summed E-state index contributed by atoms with van der Waals surface area (Å²) in [6.45, 7) is 4.51. The fraction of sp³-hybridized carbons (Fsp3) is 0.261. The number of nitrogens with zero attached hydrogens (tertiary/aromatic N) is 1. The molecule has 0 aliphatic rings. The van der Waals surface area contributed by atoms with Gasteiger partial charge in [0.2, 0.25) is 0 Å². The van der Waals surface area contributed by atoms with Crippen molar-refractivity contribution in [1.29, 1.82) is 0 Å². The number of fused-ring (bicyclic) bond motifs is 2. The summed E-state index contributed by atoms with van der Waals surface area (Å²) in [6.07, 6.45) is 1.87. The van der Waals surface area contributed by atoms with E-state index in [2.05, 4.69) is 64.7 Å². The maximum Gasteiger partial charge on any atom is 0.124 e. The second kappa shape index (κ2) is 8.23. The van der Waals surface area contributed by atoms with Gasteiger partial charge in [-0.25, -0.2) is 4.98 Å². The molecule has 4 nitrogen and oxygen atoms in total. The Morgan fingerprint density at radius 1 is 1.00 bits per heavy atom. The zero-order valence-corrected chi connectivity index (χ0v) is 15.7. The van der Waals surface area contributed by atoms with Crippen LogP contribution < -0.4 is 10.1 Å². The number of hydrogen-bond acceptors (Lipinski definition) is 3. The van der Waals surface area contributed by atoms with Crippen molar-refractivity contribution < 1.29 is 4.74 Å². The number of para-hydroxylation sites is 2. The maximum absolute atomic E-state index is 5.99. The minimum absolute atomic E-state index is 0.740. The zero-order chi connectivity index (χ0) is 18.5. The number of aromatic amines is 1. The van der Waals surface area contributed by atoms with E-state index in [1.807, 2.05) is 18.2 Å². The second-order valence-electron chi connectivity index (χ2n) is 6.74. The third-order valence-electron chi connectivity index (χ3n) is 4.74. The average Bonchev–Trinajstić information content (AvgIpc) is 3.13. The van der Waals surface area contributed by atoms with Crippen LogP contribution in [0.1, 0.15) is 24.7 Å². The van der Waals surface area contributed by atoms with Crippen molar-refractivity contribution in [2.45, 2.75) is 26.3 Å². The summed E-state index contributed by atoms with van der Waals surface area (Å²) < 4.78 is 5.99. The molecular formula is C23H25N3O. The molecule has 0 amide bonds. The fourth-order valence-corrected chi connectivity index (χ4v) is 3.39. The molecular weight excluding hydrogens is 334 g/mol. The van der Waals surface area contributed by atoms with Crippen LogP contribution in [-0.2, 0) is 13.0 Å². The molecule has 0 spiro atoms. The predicted octanol–water partition coefficient (Wildman–Crippen LogP) is 4.84. The van der Waals surface area contributed by atoms with E-state index in [-0.39, 0.29) is 0 Å². The van der Waals surface area contributed by atoms with Gasteiger partial charge in [-0.3, -0.25) is 0 Å². The first-order valence-corrected chi connectivity index (χ1v) is 9.63. The summed E-state index contributed by atoms with van der Waals surface area (Å²) in [5, 5.41) is 6.06. The van der Waals surface area contributed by atoms with Crippen molar-refractivity contribution in [2.24, 2.45) is 0 Å². The summed E-state index contributed by atoms with van der Waals surface area (Å²) >= 11 is 0. The van der Waals surface area contributed by atoms with Crippen LogP contribution in [0, 0.1) is 0 Å². The summed E-state index contributed by atoms with van der Waals surface area (Å²) in [7, 11) is 0. The molecule has 27 heavy (non-hydrogen) atoms. The van der Waals surface area contributed by atoms with E-state index in [0.29, 0.717) is 0 Å². The van der Waals surface area contributed by atoms with Crippen LogP contribution in [-0.4, -0.2) is 23.1 Å². The Labute approximate surface area is 159 Å². The van der Waals surface area contributed by atoms with Gasteiger partial charge in [-0.1, -0.05) is 49.4 Å². The molecule has 4 rings (SSSR count). The smallest absolute Gasteiger partial charge is 0.124 e. The Morgan fingerprint density at radius 3 is 2.74 bits per heavy atom. The normalized spacial score (nSPS) is 11.3. The van der Waals surface area contributed by atoms with Crippen LogP contribution in [0.3, 0.4) is 0 Å². The lowest BCUT2D eigenvalue weighted by atomic mass is 10.0. The lowest BCUT2D eigenvalue weighted by Gasteiger charge is -2.14. The van der Waals surface area contributed by atoms with E-state index in [1.165, 1.54) is 16.3 Å². The Balaban J connectivity index is 1.45. The molecule has 0 atom stereocenters. The van der Waals surface area contributed by atoms with Gasteiger partial charge in [0.1, 0.15) is 11.6 Å². The number of nitrogens with one attached hydrogen (secondary N) is 2. The fourth-order valence-electron chi connectivity index (χ4n) is 3.39. The molecule has 0 aliphatic heterocycles. The average molecular weight is 359 g/mol. The first-order chi connectivity index (χ1) is 13.3. The monoisotopic (exact) mass is 359 g/mol. The Morgan fingerprint density at radius 2 is 1.85 bits per heavy atom. The van der Waals surface area contributed by atoms with Crippen molar-refractivity contribution in [3.8, 4) is 5.75 Å².